The van der Waals surface area contributed by atoms with Gasteiger partial charge in [-0.15, -0.1) is 11.3 Å². The lowest BCUT2D eigenvalue weighted by atomic mass is 10.1. The second-order valence-corrected chi connectivity index (χ2v) is 4.78. The minimum atomic E-state index is -0.0748. The van der Waals surface area contributed by atoms with Gasteiger partial charge >= 0.3 is 0 Å². The molecular weight excluding hydrogens is 234 g/mol. The van der Waals surface area contributed by atoms with E-state index in [9.17, 15) is 0 Å². The molecule has 92 valence electrons. The number of methoxy groups -OCH3 is 1. The molecule has 2 aromatic rings. The van der Waals surface area contributed by atoms with Gasteiger partial charge in [0.15, 0.2) is 0 Å². The Labute approximate surface area is 105 Å². The van der Waals surface area contributed by atoms with Crippen LogP contribution in [0.5, 0.6) is 0 Å². The highest BCUT2D eigenvalue weighted by atomic mass is 32.1. The molecule has 2 N–H and O–H groups in total. The fourth-order valence-electron chi connectivity index (χ4n) is 1.75. The van der Waals surface area contributed by atoms with E-state index in [0.717, 1.165) is 5.56 Å². The monoisotopic (exact) mass is 251 g/mol. The van der Waals surface area contributed by atoms with Crippen molar-refractivity contribution in [3.05, 3.63) is 35.2 Å². The first-order chi connectivity index (χ1) is 8.33. The Kier molecular flexibility index (Phi) is 4.50. The number of hydrogen-bond acceptors (Lipinski definition) is 4. The van der Waals surface area contributed by atoms with Crippen molar-refractivity contribution >= 4 is 21.4 Å². The summed E-state index contributed by atoms with van der Waals surface area (Å²) >= 11 is 1.73. The Balaban J connectivity index is 2.03. The molecule has 0 saturated carbocycles. The Morgan fingerprint density at radius 3 is 3.00 bits per heavy atom. The largest absolute Gasteiger partial charge is 0.382 e. The molecule has 0 radical (unpaired) electrons. The van der Waals surface area contributed by atoms with Crippen molar-refractivity contribution in [2.24, 2.45) is 5.73 Å². The fraction of sp³-hybridized carbons (Fsp3) is 0.385. The summed E-state index contributed by atoms with van der Waals surface area (Å²) in [5.41, 5.74) is 7.31. The fourth-order valence-corrected chi connectivity index (χ4v) is 2.73. The Bertz CT molecular complexity index is 469. The molecule has 1 heterocycles. The van der Waals surface area contributed by atoms with Gasteiger partial charge in [-0.25, -0.2) is 0 Å². The van der Waals surface area contributed by atoms with Crippen LogP contribution in [0.4, 0.5) is 0 Å². The highest BCUT2D eigenvalue weighted by molar-refractivity contribution is 7.17. The van der Waals surface area contributed by atoms with Crippen molar-refractivity contribution in [1.82, 2.24) is 0 Å². The predicted octanol–water partition coefficient (Wildman–Crippen LogP) is 2.56. The third-order valence-corrected chi connectivity index (χ3v) is 3.62. The molecule has 0 fully saturated rings. The molecule has 1 aromatic carbocycles. The number of rotatable bonds is 6. The van der Waals surface area contributed by atoms with Crippen LogP contribution in [0.3, 0.4) is 0 Å². The lowest BCUT2D eigenvalue weighted by molar-refractivity contribution is 0.0637. The van der Waals surface area contributed by atoms with Crippen molar-refractivity contribution in [3.8, 4) is 0 Å². The zero-order chi connectivity index (χ0) is 12.1. The molecule has 0 bridgehead atoms. The summed E-state index contributed by atoms with van der Waals surface area (Å²) in [5, 5.41) is 3.34. The molecule has 0 aliphatic heterocycles. The number of thiophene rings is 1. The maximum absolute atomic E-state index is 6.14. The van der Waals surface area contributed by atoms with Gasteiger partial charge in [-0.3, -0.25) is 0 Å². The zero-order valence-corrected chi connectivity index (χ0v) is 10.7. The van der Waals surface area contributed by atoms with E-state index < -0.39 is 0 Å². The van der Waals surface area contributed by atoms with Crippen LogP contribution >= 0.6 is 11.3 Å². The predicted molar refractivity (Wildman–Crippen MR) is 71.4 cm³/mol. The Morgan fingerprint density at radius 2 is 2.18 bits per heavy atom. The molecule has 17 heavy (non-hydrogen) atoms. The minimum absolute atomic E-state index is 0.0748. The van der Waals surface area contributed by atoms with E-state index in [0.29, 0.717) is 19.8 Å². The van der Waals surface area contributed by atoms with E-state index >= 15 is 0 Å². The Hall–Kier alpha value is -0.940. The highest BCUT2D eigenvalue weighted by Gasteiger charge is 2.10. The molecule has 0 saturated heterocycles. The lowest BCUT2D eigenvalue weighted by Gasteiger charge is -2.13. The van der Waals surface area contributed by atoms with Gasteiger partial charge in [-0.1, -0.05) is 18.2 Å². The summed E-state index contributed by atoms with van der Waals surface area (Å²) in [6.45, 7) is 1.72. The van der Waals surface area contributed by atoms with Gasteiger partial charge in [0.25, 0.3) is 0 Å². The van der Waals surface area contributed by atoms with Gasteiger partial charge in [-0.2, -0.15) is 0 Å². The molecule has 0 spiro atoms. The van der Waals surface area contributed by atoms with Gasteiger partial charge in [0, 0.05) is 11.8 Å². The highest BCUT2D eigenvalue weighted by Crippen LogP contribution is 2.28. The second kappa shape index (κ2) is 6.12. The van der Waals surface area contributed by atoms with E-state index in [1.54, 1.807) is 18.4 Å². The topological polar surface area (TPSA) is 44.5 Å². The summed E-state index contributed by atoms with van der Waals surface area (Å²) in [4.78, 5) is 0. The quantitative estimate of drug-likeness (QED) is 0.802. The van der Waals surface area contributed by atoms with Gasteiger partial charge in [0.2, 0.25) is 0 Å². The standard InChI is InChI=1S/C13H17NO2S/c1-15-6-7-16-9-12(14)11-4-2-3-10-5-8-17-13(10)11/h2-5,8,12H,6-7,9,14H2,1H3. The molecule has 2 rings (SSSR count). The summed E-state index contributed by atoms with van der Waals surface area (Å²) < 4.78 is 11.7. The molecule has 3 nitrogen and oxygen atoms in total. The maximum atomic E-state index is 6.14. The van der Waals surface area contributed by atoms with Crippen molar-refractivity contribution < 1.29 is 9.47 Å². The Morgan fingerprint density at radius 1 is 1.29 bits per heavy atom. The number of nitrogens with two attached hydrogens (primary N) is 1. The molecule has 0 aliphatic carbocycles. The van der Waals surface area contributed by atoms with E-state index in [2.05, 4.69) is 23.6 Å². The number of fused-ring (bicyclic) bond motifs is 1. The zero-order valence-electron chi connectivity index (χ0n) is 9.89. The van der Waals surface area contributed by atoms with Crippen LogP contribution in [0.1, 0.15) is 11.6 Å². The average Bonchev–Trinajstić information content (AvgIpc) is 2.82. The molecule has 0 amide bonds. The lowest BCUT2D eigenvalue weighted by Crippen LogP contribution is -2.18. The van der Waals surface area contributed by atoms with Crippen molar-refractivity contribution in [1.29, 1.82) is 0 Å². The van der Waals surface area contributed by atoms with Crippen LogP contribution in [0.2, 0.25) is 0 Å². The van der Waals surface area contributed by atoms with E-state index in [-0.39, 0.29) is 6.04 Å². The summed E-state index contributed by atoms with van der Waals surface area (Å²) in [6, 6.07) is 8.26. The average molecular weight is 251 g/mol. The van der Waals surface area contributed by atoms with Crippen molar-refractivity contribution in [2.75, 3.05) is 26.9 Å². The van der Waals surface area contributed by atoms with E-state index in [1.165, 1.54) is 10.1 Å². The summed E-state index contributed by atoms with van der Waals surface area (Å²) in [5.74, 6) is 0. The van der Waals surface area contributed by atoms with E-state index in [4.69, 9.17) is 15.2 Å². The van der Waals surface area contributed by atoms with Gasteiger partial charge < -0.3 is 15.2 Å². The van der Waals surface area contributed by atoms with Crippen molar-refractivity contribution in [2.45, 2.75) is 6.04 Å². The molecule has 1 unspecified atom stereocenters. The molecular formula is C13H17NO2S. The second-order valence-electron chi connectivity index (χ2n) is 3.86. The van der Waals surface area contributed by atoms with E-state index in [1.807, 2.05) is 6.07 Å². The van der Waals surface area contributed by atoms with Crippen LogP contribution in [0.25, 0.3) is 10.1 Å². The SMILES string of the molecule is COCCOCC(N)c1cccc2ccsc12. The van der Waals surface area contributed by atoms with Gasteiger partial charge in [-0.05, 0) is 22.4 Å². The van der Waals surface area contributed by atoms with Gasteiger partial charge in [0.05, 0.1) is 25.9 Å². The molecule has 0 aliphatic rings. The molecule has 1 atom stereocenters. The first-order valence-electron chi connectivity index (χ1n) is 5.61. The van der Waals surface area contributed by atoms with Crippen LogP contribution in [0, 0.1) is 0 Å². The minimum Gasteiger partial charge on any atom is -0.382 e. The maximum Gasteiger partial charge on any atom is 0.0701 e. The van der Waals surface area contributed by atoms with Crippen LogP contribution < -0.4 is 5.73 Å². The third-order valence-electron chi connectivity index (χ3n) is 2.64. The first kappa shape index (κ1) is 12.5. The number of hydrogen-bond donors (Lipinski definition) is 1. The number of benzene rings is 1. The third kappa shape index (κ3) is 3.04. The van der Waals surface area contributed by atoms with Crippen LogP contribution in [-0.2, 0) is 9.47 Å². The molecule has 4 heteroatoms. The summed E-state index contributed by atoms with van der Waals surface area (Å²) in [6.07, 6.45) is 0. The molecule has 1 aromatic heterocycles. The first-order valence-corrected chi connectivity index (χ1v) is 6.49. The normalized spacial score (nSPS) is 13.1. The number of ether oxygens (including phenoxy) is 2. The summed E-state index contributed by atoms with van der Waals surface area (Å²) in [7, 11) is 1.66. The van der Waals surface area contributed by atoms with Crippen LogP contribution in [-0.4, -0.2) is 26.9 Å². The van der Waals surface area contributed by atoms with Gasteiger partial charge in [0.1, 0.15) is 0 Å². The van der Waals surface area contributed by atoms with Crippen molar-refractivity contribution in [3.63, 3.8) is 0 Å². The van der Waals surface area contributed by atoms with Crippen LogP contribution in [0.15, 0.2) is 29.6 Å². The smallest absolute Gasteiger partial charge is 0.0701 e.